The lowest BCUT2D eigenvalue weighted by molar-refractivity contribution is -0.143. The van der Waals surface area contributed by atoms with Gasteiger partial charge in [-0.25, -0.2) is 4.39 Å². The Morgan fingerprint density at radius 3 is 2.88 bits per heavy atom. The zero-order valence-electron chi connectivity index (χ0n) is 8.57. The van der Waals surface area contributed by atoms with Crippen molar-refractivity contribution in [2.45, 2.75) is 11.8 Å². The smallest absolute Gasteiger partial charge is 0.316 e. The molecule has 4 nitrogen and oxygen atoms in total. The summed E-state index contributed by atoms with van der Waals surface area (Å²) in [4.78, 5) is 11.3. The zero-order valence-corrected chi connectivity index (χ0v) is 8.57. The molecule has 0 bridgehead atoms. The molecule has 2 rings (SSSR count). The number of nitrogens with two attached hydrogens (primary N) is 1. The zero-order chi connectivity index (χ0) is 11.8. The number of rotatable bonds is 2. The molecule has 1 aliphatic heterocycles. The maximum atomic E-state index is 13.3. The van der Waals surface area contributed by atoms with Crippen LogP contribution in [0.4, 0.5) is 10.1 Å². The molecular weight excluding hydrogens is 213 g/mol. The van der Waals surface area contributed by atoms with E-state index in [1.165, 1.54) is 12.1 Å². The largest absolute Gasteiger partial charge is 0.481 e. The highest BCUT2D eigenvalue weighted by molar-refractivity contribution is 5.84. The molecule has 1 aromatic carbocycles. The number of carboxylic acids is 1. The second kappa shape index (κ2) is 3.75. The Morgan fingerprint density at radius 2 is 2.31 bits per heavy atom. The van der Waals surface area contributed by atoms with Gasteiger partial charge in [0.25, 0.3) is 0 Å². The number of benzene rings is 1. The molecule has 1 aliphatic rings. The second-order valence-electron chi connectivity index (χ2n) is 3.89. The van der Waals surface area contributed by atoms with E-state index in [2.05, 4.69) is 0 Å². The highest BCUT2D eigenvalue weighted by Crippen LogP contribution is 2.37. The highest BCUT2D eigenvalue weighted by atomic mass is 19.1. The highest BCUT2D eigenvalue weighted by Gasteiger charge is 2.45. The van der Waals surface area contributed by atoms with Crippen LogP contribution in [0.15, 0.2) is 18.2 Å². The number of carbonyl (C=O) groups is 1. The van der Waals surface area contributed by atoms with Gasteiger partial charge in [-0.3, -0.25) is 4.79 Å². The van der Waals surface area contributed by atoms with Crippen molar-refractivity contribution in [2.24, 2.45) is 0 Å². The summed E-state index contributed by atoms with van der Waals surface area (Å²) < 4.78 is 18.4. The predicted octanol–water partition coefficient (Wildman–Crippen LogP) is 1.15. The molecule has 1 atom stereocenters. The minimum Gasteiger partial charge on any atom is -0.481 e. The van der Waals surface area contributed by atoms with Gasteiger partial charge in [-0.15, -0.1) is 0 Å². The molecule has 0 aliphatic carbocycles. The van der Waals surface area contributed by atoms with Gasteiger partial charge in [0.1, 0.15) is 11.2 Å². The van der Waals surface area contributed by atoms with E-state index in [0.29, 0.717) is 18.6 Å². The molecule has 0 aromatic heterocycles. The first-order valence-electron chi connectivity index (χ1n) is 4.93. The van der Waals surface area contributed by atoms with Crippen molar-refractivity contribution in [3.8, 4) is 0 Å². The number of aliphatic carboxylic acids is 1. The van der Waals surface area contributed by atoms with Crippen molar-refractivity contribution in [3.05, 3.63) is 29.6 Å². The number of ether oxygens (including phenoxy) is 1. The van der Waals surface area contributed by atoms with Crippen LogP contribution in [0.1, 0.15) is 12.0 Å². The summed E-state index contributed by atoms with van der Waals surface area (Å²) in [5, 5.41) is 9.27. The summed E-state index contributed by atoms with van der Waals surface area (Å²) in [6.07, 6.45) is 0.315. The molecule has 5 heteroatoms. The SMILES string of the molecule is Nc1c(F)cccc1C1(C(=O)O)CCOC1. The quantitative estimate of drug-likeness (QED) is 0.740. The monoisotopic (exact) mass is 225 g/mol. The second-order valence-corrected chi connectivity index (χ2v) is 3.89. The van der Waals surface area contributed by atoms with E-state index in [1.54, 1.807) is 6.07 Å². The molecule has 0 spiro atoms. The van der Waals surface area contributed by atoms with Crippen LogP contribution in [0.25, 0.3) is 0 Å². The lowest BCUT2D eigenvalue weighted by Gasteiger charge is -2.24. The Balaban J connectivity index is 2.56. The molecule has 3 N–H and O–H groups in total. The standard InChI is InChI=1S/C11H12FNO3/c12-8-3-1-2-7(9(8)13)11(10(14)15)4-5-16-6-11/h1-3H,4-6,13H2,(H,14,15). The number of para-hydroxylation sites is 1. The molecular formula is C11H12FNO3. The van der Waals surface area contributed by atoms with E-state index in [-0.39, 0.29) is 12.3 Å². The van der Waals surface area contributed by atoms with Gasteiger partial charge in [0, 0.05) is 6.61 Å². The van der Waals surface area contributed by atoms with Crippen molar-refractivity contribution in [1.29, 1.82) is 0 Å². The lowest BCUT2D eigenvalue weighted by Crippen LogP contribution is -2.37. The van der Waals surface area contributed by atoms with E-state index < -0.39 is 17.2 Å². The van der Waals surface area contributed by atoms with Crippen LogP contribution in [0.5, 0.6) is 0 Å². The van der Waals surface area contributed by atoms with Gasteiger partial charge < -0.3 is 15.6 Å². The van der Waals surface area contributed by atoms with E-state index in [0.717, 1.165) is 0 Å². The molecule has 16 heavy (non-hydrogen) atoms. The van der Waals surface area contributed by atoms with E-state index >= 15 is 0 Å². The van der Waals surface area contributed by atoms with Gasteiger partial charge in [0.2, 0.25) is 0 Å². The number of anilines is 1. The summed E-state index contributed by atoms with van der Waals surface area (Å²) >= 11 is 0. The maximum Gasteiger partial charge on any atom is 0.316 e. The van der Waals surface area contributed by atoms with Gasteiger partial charge in [0.05, 0.1) is 12.3 Å². The third-order valence-electron chi connectivity index (χ3n) is 3.00. The normalized spacial score (nSPS) is 24.6. The fourth-order valence-electron chi connectivity index (χ4n) is 2.02. The van der Waals surface area contributed by atoms with E-state index in [4.69, 9.17) is 10.5 Å². The van der Waals surface area contributed by atoms with Crippen molar-refractivity contribution in [1.82, 2.24) is 0 Å². The Bertz CT molecular complexity index is 427. The number of hydrogen-bond donors (Lipinski definition) is 2. The Kier molecular flexibility index (Phi) is 2.55. The van der Waals surface area contributed by atoms with E-state index in [9.17, 15) is 14.3 Å². The number of nitrogen functional groups attached to an aromatic ring is 1. The third-order valence-corrected chi connectivity index (χ3v) is 3.00. The van der Waals surface area contributed by atoms with Gasteiger partial charge in [0.15, 0.2) is 0 Å². The molecule has 86 valence electrons. The fourth-order valence-corrected chi connectivity index (χ4v) is 2.02. The van der Waals surface area contributed by atoms with Crippen LogP contribution in [0.2, 0.25) is 0 Å². The van der Waals surface area contributed by atoms with Crippen LogP contribution in [0.3, 0.4) is 0 Å². The van der Waals surface area contributed by atoms with Crippen molar-refractivity contribution in [3.63, 3.8) is 0 Å². The van der Waals surface area contributed by atoms with Crippen LogP contribution >= 0.6 is 0 Å². The van der Waals surface area contributed by atoms with E-state index in [1.807, 2.05) is 0 Å². The summed E-state index contributed by atoms with van der Waals surface area (Å²) in [5.74, 6) is -1.62. The molecule has 0 amide bonds. The van der Waals surface area contributed by atoms with Gasteiger partial charge >= 0.3 is 5.97 Å². The summed E-state index contributed by atoms with van der Waals surface area (Å²) in [6.45, 7) is 0.387. The Hall–Kier alpha value is -1.62. The lowest BCUT2D eigenvalue weighted by atomic mass is 9.79. The van der Waals surface area contributed by atoms with Gasteiger partial charge in [-0.1, -0.05) is 12.1 Å². The molecule has 1 heterocycles. The molecule has 1 aromatic rings. The maximum absolute atomic E-state index is 13.3. The summed E-state index contributed by atoms with van der Waals surface area (Å²) in [5.41, 5.74) is 4.59. The number of carboxylic acid groups (broad SMARTS) is 1. The summed E-state index contributed by atoms with van der Waals surface area (Å²) in [6, 6.07) is 4.22. The average Bonchev–Trinajstić information content (AvgIpc) is 2.72. The first-order valence-corrected chi connectivity index (χ1v) is 4.93. The predicted molar refractivity (Wildman–Crippen MR) is 55.6 cm³/mol. The van der Waals surface area contributed by atoms with Crippen molar-refractivity contribution >= 4 is 11.7 Å². The molecule has 1 unspecified atom stereocenters. The first kappa shape index (κ1) is 10.9. The minimum absolute atomic E-state index is 0.0377. The number of halogens is 1. The first-order chi connectivity index (χ1) is 7.58. The Morgan fingerprint density at radius 1 is 1.56 bits per heavy atom. The topological polar surface area (TPSA) is 72.6 Å². The van der Waals surface area contributed by atoms with Crippen molar-refractivity contribution in [2.75, 3.05) is 18.9 Å². The van der Waals surface area contributed by atoms with Gasteiger partial charge in [-0.2, -0.15) is 0 Å². The Labute approximate surface area is 91.8 Å². The molecule has 0 saturated carbocycles. The van der Waals surface area contributed by atoms with Crippen LogP contribution in [-0.4, -0.2) is 24.3 Å². The minimum atomic E-state index is -1.20. The third kappa shape index (κ3) is 1.44. The molecule has 1 fully saturated rings. The van der Waals surface area contributed by atoms with Crippen LogP contribution in [0, 0.1) is 5.82 Å². The van der Waals surface area contributed by atoms with Crippen molar-refractivity contribution < 1.29 is 19.0 Å². The molecule has 1 saturated heterocycles. The molecule has 0 radical (unpaired) electrons. The summed E-state index contributed by atoms with van der Waals surface area (Å²) in [7, 11) is 0. The number of hydrogen-bond acceptors (Lipinski definition) is 3. The van der Waals surface area contributed by atoms with Crippen LogP contribution in [-0.2, 0) is 14.9 Å². The van der Waals surface area contributed by atoms with Gasteiger partial charge in [-0.05, 0) is 18.1 Å². The van der Waals surface area contributed by atoms with Crippen LogP contribution < -0.4 is 5.73 Å². The average molecular weight is 225 g/mol. The fraction of sp³-hybridized carbons (Fsp3) is 0.364.